The molecule has 0 spiro atoms. The molecule has 1 unspecified atom stereocenters. The predicted octanol–water partition coefficient (Wildman–Crippen LogP) is 0.416. The number of nitrogens with two attached hydrogens (primary N) is 1. The minimum atomic E-state index is -0.417. The van der Waals surface area contributed by atoms with Gasteiger partial charge in [-0.1, -0.05) is 5.57 Å². The molecule has 3 heteroatoms. The van der Waals surface area contributed by atoms with Crippen LogP contribution >= 0.6 is 0 Å². The van der Waals surface area contributed by atoms with E-state index in [0.29, 0.717) is 6.54 Å². The molecule has 0 aliphatic heterocycles. The van der Waals surface area contributed by atoms with Gasteiger partial charge in [0.1, 0.15) is 0 Å². The van der Waals surface area contributed by atoms with Crippen molar-refractivity contribution in [1.82, 2.24) is 5.32 Å². The summed E-state index contributed by atoms with van der Waals surface area (Å²) >= 11 is 0. The molecule has 64 valence electrons. The van der Waals surface area contributed by atoms with Crippen LogP contribution in [0.4, 0.5) is 0 Å². The first kappa shape index (κ1) is 10.2. The number of amides is 1. The van der Waals surface area contributed by atoms with Crippen LogP contribution in [-0.2, 0) is 4.79 Å². The third kappa shape index (κ3) is 5.61. The Balaban J connectivity index is 3.39. The highest BCUT2D eigenvalue weighted by atomic mass is 16.2. The molecule has 3 N–H and O–H groups in total. The van der Waals surface area contributed by atoms with Crippen molar-refractivity contribution >= 4 is 5.91 Å². The van der Waals surface area contributed by atoms with E-state index in [2.05, 4.69) is 11.9 Å². The van der Waals surface area contributed by atoms with Crippen molar-refractivity contribution in [2.24, 2.45) is 5.73 Å². The normalized spacial score (nSPS) is 12.3. The SMILES string of the molecule is C=C(C)CCNC(=O)C(C)N. The molecule has 3 nitrogen and oxygen atoms in total. The van der Waals surface area contributed by atoms with Crippen LogP contribution in [0, 0.1) is 0 Å². The van der Waals surface area contributed by atoms with E-state index in [9.17, 15) is 4.79 Å². The summed E-state index contributed by atoms with van der Waals surface area (Å²) in [5.74, 6) is -0.105. The average Bonchev–Trinajstić information content (AvgIpc) is 1.86. The summed E-state index contributed by atoms with van der Waals surface area (Å²) in [6.45, 7) is 7.94. The van der Waals surface area contributed by atoms with Crippen molar-refractivity contribution in [3.05, 3.63) is 12.2 Å². The minimum Gasteiger partial charge on any atom is -0.354 e. The van der Waals surface area contributed by atoms with E-state index in [0.717, 1.165) is 12.0 Å². The number of carbonyl (C=O) groups is 1. The number of hydrogen-bond acceptors (Lipinski definition) is 2. The van der Waals surface area contributed by atoms with E-state index >= 15 is 0 Å². The summed E-state index contributed by atoms with van der Waals surface area (Å²) in [5, 5.41) is 2.69. The highest BCUT2D eigenvalue weighted by molar-refractivity contribution is 5.80. The van der Waals surface area contributed by atoms with Gasteiger partial charge >= 0.3 is 0 Å². The Hall–Kier alpha value is -0.830. The van der Waals surface area contributed by atoms with Crippen LogP contribution in [0.2, 0.25) is 0 Å². The van der Waals surface area contributed by atoms with E-state index in [-0.39, 0.29) is 5.91 Å². The molecule has 0 aliphatic rings. The summed E-state index contributed by atoms with van der Waals surface area (Å²) in [5.41, 5.74) is 6.38. The molecule has 0 radical (unpaired) electrons. The highest BCUT2D eigenvalue weighted by Crippen LogP contribution is 1.91. The van der Waals surface area contributed by atoms with Gasteiger partial charge in [-0.15, -0.1) is 6.58 Å². The fraction of sp³-hybridized carbons (Fsp3) is 0.625. The second-order valence-corrected chi connectivity index (χ2v) is 2.79. The average molecular weight is 156 g/mol. The van der Waals surface area contributed by atoms with Crippen molar-refractivity contribution in [2.45, 2.75) is 26.3 Å². The zero-order chi connectivity index (χ0) is 8.85. The highest BCUT2D eigenvalue weighted by Gasteiger charge is 2.04. The summed E-state index contributed by atoms with van der Waals surface area (Å²) in [4.78, 5) is 10.9. The van der Waals surface area contributed by atoms with Gasteiger partial charge in [0.05, 0.1) is 6.04 Å². The fourth-order valence-corrected chi connectivity index (χ4v) is 0.560. The molecule has 0 saturated heterocycles. The van der Waals surface area contributed by atoms with Gasteiger partial charge in [-0.2, -0.15) is 0 Å². The van der Waals surface area contributed by atoms with Crippen LogP contribution in [0.3, 0.4) is 0 Å². The molecular weight excluding hydrogens is 140 g/mol. The first-order valence-electron chi connectivity index (χ1n) is 3.71. The van der Waals surface area contributed by atoms with Gasteiger partial charge in [0.25, 0.3) is 0 Å². The molecule has 0 fully saturated rings. The summed E-state index contributed by atoms with van der Waals surface area (Å²) < 4.78 is 0. The Morgan fingerprint density at radius 3 is 2.64 bits per heavy atom. The maximum atomic E-state index is 10.9. The number of nitrogens with one attached hydrogen (secondary N) is 1. The van der Waals surface area contributed by atoms with E-state index in [1.165, 1.54) is 0 Å². The lowest BCUT2D eigenvalue weighted by molar-refractivity contribution is -0.121. The van der Waals surface area contributed by atoms with Gasteiger partial charge in [0.2, 0.25) is 5.91 Å². The lowest BCUT2D eigenvalue weighted by Crippen LogP contribution is -2.38. The van der Waals surface area contributed by atoms with Gasteiger partial charge in [-0.3, -0.25) is 4.79 Å². The van der Waals surface area contributed by atoms with Crippen LogP contribution in [-0.4, -0.2) is 18.5 Å². The molecule has 11 heavy (non-hydrogen) atoms. The van der Waals surface area contributed by atoms with Crippen LogP contribution in [0.5, 0.6) is 0 Å². The first-order valence-corrected chi connectivity index (χ1v) is 3.71. The lowest BCUT2D eigenvalue weighted by Gasteiger charge is -2.06. The Kier molecular flexibility index (Phi) is 4.54. The Labute approximate surface area is 67.7 Å². The Morgan fingerprint density at radius 1 is 1.73 bits per heavy atom. The molecule has 1 atom stereocenters. The molecule has 0 aromatic rings. The molecule has 0 aliphatic carbocycles. The molecule has 0 aromatic heterocycles. The van der Waals surface area contributed by atoms with Crippen molar-refractivity contribution in [3.8, 4) is 0 Å². The van der Waals surface area contributed by atoms with Gasteiger partial charge in [-0.25, -0.2) is 0 Å². The smallest absolute Gasteiger partial charge is 0.236 e. The van der Waals surface area contributed by atoms with Gasteiger partial charge in [-0.05, 0) is 20.3 Å². The number of hydrogen-bond donors (Lipinski definition) is 2. The molecule has 0 aromatic carbocycles. The topological polar surface area (TPSA) is 55.1 Å². The van der Waals surface area contributed by atoms with Crippen LogP contribution in [0.25, 0.3) is 0 Å². The monoisotopic (exact) mass is 156 g/mol. The molecule has 0 bridgehead atoms. The molecule has 1 amide bonds. The van der Waals surface area contributed by atoms with E-state index in [1.54, 1.807) is 6.92 Å². The second kappa shape index (κ2) is 4.91. The molecule has 0 saturated carbocycles. The standard InChI is InChI=1S/C8H16N2O/c1-6(2)4-5-10-8(11)7(3)9/h7H,1,4-5,9H2,2-3H3,(H,10,11). The lowest BCUT2D eigenvalue weighted by atomic mass is 10.2. The van der Waals surface area contributed by atoms with E-state index < -0.39 is 6.04 Å². The van der Waals surface area contributed by atoms with Crippen molar-refractivity contribution in [2.75, 3.05) is 6.54 Å². The summed E-state index contributed by atoms with van der Waals surface area (Å²) in [7, 11) is 0. The summed E-state index contributed by atoms with van der Waals surface area (Å²) in [6.07, 6.45) is 0.818. The summed E-state index contributed by atoms with van der Waals surface area (Å²) in [6, 6.07) is -0.417. The quantitative estimate of drug-likeness (QED) is 0.579. The maximum Gasteiger partial charge on any atom is 0.236 e. The number of rotatable bonds is 4. The van der Waals surface area contributed by atoms with Crippen LogP contribution in [0.1, 0.15) is 20.3 Å². The zero-order valence-electron chi connectivity index (χ0n) is 7.18. The fourth-order valence-electron chi connectivity index (χ4n) is 0.560. The Morgan fingerprint density at radius 2 is 2.27 bits per heavy atom. The van der Waals surface area contributed by atoms with Crippen LogP contribution in [0.15, 0.2) is 12.2 Å². The van der Waals surface area contributed by atoms with E-state index in [4.69, 9.17) is 5.73 Å². The zero-order valence-corrected chi connectivity index (χ0v) is 7.18. The predicted molar refractivity (Wildman–Crippen MR) is 46.1 cm³/mol. The van der Waals surface area contributed by atoms with Gasteiger partial charge in [0, 0.05) is 6.54 Å². The second-order valence-electron chi connectivity index (χ2n) is 2.79. The largest absolute Gasteiger partial charge is 0.354 e. The van der Waals surface area contributed by atoms with E-state index in [1.807, 2.05) is 6.92 Å². The van der Waals surface area contributed by atoms with Crippen molar-refractivity contribution in [1.29, 1.82) is 0 Å². The van der Waals surface area contributed by atoms with Gasteiger partial charge < -0.3 is 11.1 Å². The Bertz CT molecular complexity index is 152. The van der Waals surface area contributed by atoms with Crippen LogP contribution < -0.4 is 11.1 Å². The first-order chi connectivity index (χ1) is 5.04. The molecular formula is C8H16N2O. The molecule has 0 rings (SSSR count). The minimum absolute atomic E-state index is 0.105. The number of carbonyl (C=O) groups excluding carboxylic acids is 1. The third-order valence-corrected chi connectivity index (χ3v) is 1.26. The molecule has 0 heterocycles. The van der Waals surface area contributed by atoms with Crippen molar-refractivity contribution in [3.63, 3.8) is 0 Å². The third-order valence-electron chi connectivity index (χ3n) is 1.26. The van der Waals surface area contributed by atoms with Crippen molar-refractivity contribution < 1.29 is 4.79 Å². The van der Waals surface area contributed by atoms with Gasteiger partial charge in [0.15, 0.2) is 0 Å². The maximum absolute atomic E-state index is 10.9.